The monoisotopic (exact) mass is 661 g/mol. The lowest BCUT2D eigenvalue weighted by molar-refractivity contribution is -0.344. The van der Waals surface area contributed by atoms with Crippen LogP contribution in [0.4, 0.5) is 0 Å². The lowest BCUT2D eigenvalue weighted by atomic mass is 9.94. The van der Waals surface area contributed by atoms with Crippen LogP contribution in [0.15, 0.2) is 97.1 Å². The summed E-state index contributed by atoms with van der Waals surface area (Å²) in [5.74, 6) is -0.0887. The molecule has 3 aliphatic heterocycles. The summed E-state index contributed by atoms with van der Waals surface area (Å²) in [5.41, 5.74) is 1.95. The van der Waals surface area contributed by atoms with Crippen molar-refractivity contribution in [3.05, 3.63) is 129 Å². The molecule has 6 atom stereocenters. The van der Waals surface area contributed by atoms with Gasteiger partial charge in [0, 0.05) is 5.56 Å². The van der Waals surface area contributed by atoms with Crippen molar-refractivity contribution in [2.45, 2.75) is 43.5 Å². The minimum Gasteiger partial charge on any atom is -0.497 e. The highest BCUT2D eigenvalue weighted by atomic mass is 35.5. The highest BCUT2D eigenvalue weighted by Gasteiger charge is 2.57. The van der Waals surface area contributed by atoms with Crippen molar-refractivity contribution in [2.75, 3.05) is 13.7 Å². The largest absolute Gasteiger partial charge is 0.497 e. The second kappa shape index (κ2) is 13.0. The van der Waals surface area contributed by atoms with Gasteiger partial charge in [-0.25, -0.2) is 0 Å². The quantitative estimate of drug-likeness (QED) is 0.198. The maximum Gasteiger partial charge on any atom is 0.262 e. The summed E-state index contributed by atoms with van der Waals surface area (Å²) in [7, 11) is 1.57. The van der Waals surface area contributed by atoms with Crippen molar-refractivity contribution in [1.82, 2.24) is 4.90 Å². The zero-order chi connectivity index (χ0) is 31.8. The summed E-state index contributed by atoms with van der Waals surface area (Å²) >= 11 is 12.6. The molecule has 236 valence electrons. The third-order valence-electron chi connectivity index (χ3n) is 8.23. The second-order valence-electron chi connectivity index (χ2n) is 11.1. The van der Waals surface area contributed by atoms with Crippen LogP contribution in [-0.2, 0) is 25.6 Å². The molecule has 7 rings (SSSR count). The van der Waals surface area contributed by atoms with Crippen molar-refractivity contribution in [3.63, 3.8) is 0 Å². The first-order valence-corrected chi connectivity index (χ1v) is 15.5. The average Bonchev–Trinajstić information content (AvgIpc) is 3.32. The predicted molar refractivity (Wildman–Crippen MR) is 168 cm³/mol. The Bertz CT molecular complexity index is 1680. The zero-order valence-electron chi connectivity index (χ0n) is 24.6. The van der Waals surface area contributed by atoms with Gasteiger partial charge in [-0.15, -0.1) is 0 Å². The van der Waals surface area contributed by atoms with Gasteiger partial charge in [0.2, 0.25) is 6.29 Å². The van der Waals surface area contributed by atoms with E-state index in [1.54, 1.807) is 31.4 Å². The number of carbonyl (C=O) groups is 2. The Morgan fingerprint density at radius 1 is 0.804 bits per heavy atom. The highest BCUT2D eigenvalue weighted by Crippen LogP contribution is 2.41. The molecule has 0 N–H and O–H groups in total. The van der Waals surface area contributed by atoms with Crippen LogP contribution in [0.3, 0.4) is 0 Å². The number of methoxy groups -OCH3 is 1. The fraction of sp³-hybridized carbons (Fsp3) is 0.257. The van der Waals surface area contributed by atoms with Crippen molar-refractivity contribution < 1.29 is 38.0 Å². The SMILES string of the molecule is COc1ccc(O[C@@H]2O[C@@H]3CO[C@@H](c4ccccc4)O[C@H]3[C@H](OCc3ccccc3)[C@H]2N2C(=O)c3cc(Cl)c(Cl)cc3C2=O)cc1. The minimum absolute atomic E-state index is 0.126. The number of rotatable bonds is 8. The van der Waals surface area contributed by atoms with Crippen molar-refractivity contribution in [1.29, 1.82) is 0 Å². The van der Waals surface area contributed by atoms with Gasteiger partial charge in [-0.2, -0.15) is 0 Å². The molecule has 11 heteroatoms. The molecule has 2 amide bonds. The topological polar surface area (TPSA) is 92.8 Å². The summed E-state index contributed by atoms with van der Waals surface area (Å²) in [4.78, 5) is 29.3. The van der Waals surface area contributed by atoms with Crippen LogP contribution in [-0.4, -0.2) is 61.1 Å². The Morgan fingerprint density at radius 2 is 1.41 bits per heavy atom. The molecule has 4 aromatic rings. The lowest BCUT2D eigenvalue weighted by Gasteiger charge is -2.50. The summed E-state index contributed by atoms with van der Waals surface area (Å²) in [5, 5.41) is 0.314. The van der Waals surface area contributed by atoms with Crippen LogP contribution >= 0.6 is 23.2 Å². The number of carbonyl (C=O) groups excluding carboxylic acids is 2. The standard InChI is InChI=1S/C35H29Cl2NO8/c1-41-22-12-14-23(15-13-22)44-35-29(38-32(39)24-16-26(36)27(37)17-25(24)33(38)40)31(42-18-20-8-4-2-5-9-20)30-28(45-35)19-43-34(46-30)21-10-6-3-7-11-21/h2-17,28-31,34-35H,18-19H2,1H3/t28-,29-,30-,31-,34-,35-/m1/s1. The molecular weight excluding hydrogens is 633 g/mol. The van der Waals surface area contributed by atoms with E-state index in [4.69, 9.17) is 51.6 Å². The molecule has 0 unspecified atom stereocenters. The van der Waals surface area contributed by atoms with Crippen LogP contribution in [0.2, 0.25) is 10.0 Å². The van der Waals surface area contributed by atoms with Gasteiger partial charge in [0.05, 0.1) is 41.5 Å². The molecule has 46 heavy (non-hydrogen) atoms. The van der Waals surface area contributed by atoms with Crippen molar-refractivity contribution in [2.24, 2.45) is 0 Å². The fourth-order valence-electron chi connectivity index (χ4n) is 5.98. The van der Waals surface area contributed by atoms with Gasteiger partial charge in [0.15, 0.2) is 6.29 Å². The van der Waals surface area contributed by atoms with Gasteiger partial charge in [0.1, 0.15) is 35.9 Å². The van der Waals surface area contributed by atoms with Crippen LogP contribution in [0.1, 0.15) is 38.1 Å². The van der Waals surface area contributed by atoms with Crippen molar-refractivity contribution in [3.8, 4) is 11.5 Å². The van der Waals surface area contributed by atoms with Gasteiger partial charge in [-0.1, -0.05) is 83.9 Å². The summed E-state index contributed by atoms with van der Waals surface area (Å²) in [6.45, 7) is 0.319. The van der Waals surface area contributed by atoms with Crippen LogP contribution < -0.4 is 9.47 Å². The number of hydrogen-bond donors (Lipinski definition) is 0. The van der Waals surface area contributed by atoms with E-state index in [0.29, 0.717) is 11.5 Å². The molecule has 3 heterocycles. The van der Waals surface area contributed by atoms with Crippen LogP contribution in [0, 0.1) is 0 Å². The van der Waals surface area contributed by atoms with Gasteiger partial charge in [-0.3, -0.25) is 14.5 Å². The van der Waals surface area contributed by atoms with E-state index in [9.17, 15) is 9.59 Å². The summed E-state index contributed by atoms with van der Waals surface area (Å²) in [6, 6.07) is 27.7. The Kier molecular flexibility index (Phi) is 8.70. The molecule has 3 aliphatic rings. The van der Waals surface area contributed by atoms with Gasteiger partial charge in [0.25, 0.3) is 11.8 Å². The third kappa shape index (κ3) is 5.86. The van der Waals surface area contributed by atoms with E-state index in [-0.39, 0.29) is 34.4 Å². The zero-order valence-corrected chi connectivity index (χ0v) is 26.1. The third-order valence-corrected chi connectivity index (χ3v) is 8.96. The minimum atomic E-state index is -1.16. The first-order chi connectivity index (χ1) is 22.4. The maximum atomic E-state index is 14.1. The fourth-order valence-corrected chi connectivity index (χ4v) is 6.30. The molecular formula is C35H29Cl2NO8. The van der Waals surface area contributed by atoms with E-state index in [0.717, 1.165) is 16.0 Å². The highest BCUT2D eigenvalue weighted by molar-refractivity contribution is 6.43. The Morgan fingerprint density at radius 3 is 2.04 bits per heavy atom. The molecule has 0 radical (unpaired) electrons. The van der Waals surface area contributed by atoms with Gasteiger partial charge < -0.3 is 28.4 Å². The number of halogens is 2. The Hall–Kier alpha value is -3.96. The number of amides is 2. The molecule has 0 saturated carbocycles. The Labute approximate surface area is 275 Å². The van der Waals surface area contributed by atoms with E-state index < -0.39 is 48.7 Å². The maximum absolute atomic E-state index is 14.1. The molecule has 0 aliphatic carbocycles. The number of ether oxygens (including phenoxy) is 6. The molecule has 0 aromatic heterocycles. The number of imide groups is 1. The average molecular weight is 663 g/mol. The summed E-state index contributed by atoms with van der Waals surface area (Å²) in [6.07, 6.45) is -4.19. The number of nitrogens with zero attached hydrogens (tertiary/aromatic N) is 1. The first-order valence-electron chi connectivity index (χ1n) is 14.7. The van der Waals surface area contributed by atoms with Crippen molar-refractivity contribution >= 4 is 35.0 Å². The molecule has 2 fully saturated rings. The molecule has 9 nitrogen and oxygen atoms in total. The smallest absolute Gasteiger partial charge is 0.262 e. The molecule has 0 spiro atoms. The first kappa shape index (κ1) is 30.7. The predicted octanol–water partition coefficient (Wildman–Crippen LogP) is 6.47. The Balaban J connectivity index is 1.30. The lowest BCUT2D eigenvalue weighted by Crippen LogP contribution is -2.68. The van der Waals surface area contributed by atoms with E-state index in [2.05, 4.69) is 0 Å². The van der Waals surface area contributed by atoms with Crippen LogP contribution in [0.25, 0.3) is 0 Å². The van der Waals surface area contributed by atoms with E-state index in [1.807, 2.05) is 60.7 Å². The number of hydrogen-bond acceptors (Lipinski definition) is 8. The van der Waals surface area contributed by atoms with E-state index in [1.165, 1.54) is 12.1 Å². The molecule has 4 aromatic carbocycles. The molecule has 2 saturated heterocycles. The summed E-state index contributed by atoms with van der Waals surface area (Å²) < 4.78 is 37.5. The van der Waals surface area contributed by atoms with Crippen LogP contribution in [0.5, 0.6) is 11.5 Å². The van der Waals surface area contributed by atoms with Gasteiger partial charge in [-0.05, 0) is 42.0 Å². The second-order valence-corrected chi connectivity index (χ2v) is 11.9. The molecule has 0 bridgehead atoms. The number of fused-ring (bicyclic) bond motifs is 2. The normalized spacial score (nSPS) is 25.6. The van der Waals surface area contributed by atoms with Gasteiger partial charge >= 0.3 is 0 Å². The number of benzene rings is 4. The van der Waals surface area contributed by atoms with E-state index >= 15 is 0 Å².